The molecule has 0 radical (unpaired) electrons. The van der Waals surface area contributed by atoms with Crippen LogP contribution in [-0.2, 0) is 21.5 Å². The van der Waals surface area contributed by atoms with Crippen molar-refractivity contribution in [2.45, 2.75) is 39.2 Å². The maximum atomic E-state index is 12.2. The van der Waals surface area contributed by atoms with E-state index in [0.717, 1.165) is 17.8 Å². The summed E-state index contributed by atoms with van der Waals surface area (Å²) in [6.07, 6.45) is 2.50. The number of carbonyl (C=O) groups excluding carboxylic acids is 1. The van der Waals surface area contributed by atoms with Crippen LogP contribution < -0.4 is 5.32 Å². The topological polar surface area (TPSA) is 56.2 Å². The van der Waals surface area contributed by atoms with E-state index < -0.39 is 0 Å². The molecular formula is C19H25N3O2. The van der Waals surface area contributed by atoms with Crippen LogP contribution in [0, 0.1) is 5.92 Å². The molecule has 1 aromatic carbocycles. The van der Waals surface area contributed by atoms with Crippen molar-refractivity contribution in [1.29, 1.82) is 0 Å². The van der Waals surface area contributed by atoms with Gasteiger partial charge in [-0.3, -0.25) is 4.79 Å². The summed E-state index contributed by atoms with van der Waals surface area (Å²) in [6, 6.07) is 10.4. The normalized spacial score (nSPS) is 17.9. The second kappa shape index (κ2) is 6.77. The average molecular weight is 327 g/mol. The number of anilines is 1. The Bertz CT molecular complexity index is 692. The van der Waals surface area contributed by atoms with E-state index in [-0.39, 0.29) is 17.2 Å². The fourth-order valence-electron chi connectivity index (χ4n) is 2.82. The first kappa shape index (κ1) is 16.7. The third-order valence-corrected chi connectivity index (χ3v) is 4.42. The molecule has 2 heterocycles. The number of nitrogens with one attached hydrogen (secondary N) is 1. The van der Waals surface area contributed by atoms with Crippen molar-refractivity contribution in [1.82, 2.24) is 9.78 Å². The highest BCUT2D eigenvalue weighted by atomic mass is 16.5. The van der Waals surface area contributed by atoms with Gasteiger partial charge in [-0.1, -0.05) is 45.0 Å². The summed E-state index contributed by atoms with van der Waals surface area (Å²) < 4.78 is 7.10. The number of benzene rings is 1. The number of rotatable bonds is 4. The van der Waals surface area contributed by atoms with E-state index in [1.165, 1.54) is 5.56 Å². The van der Waals surface area contributed by atoms with Gasteiger partial charge in [-0.2, -0.15) is 5.10 Å². The first-order valence-corrected chi connectivity index (χ1v) is 8.43. The van der Waals surface area contributed by atoms with Gasteiger partial charge in [0, 0.05) is 12.7 Å². The molecule has 0 aliphatic carbocycles. The molecule has 0 saturated carbocycles. The summed E-state index contributed by atoms with van der Waals surface area (Å²) in [5.74, 6) is 0.684. The van der Waals surface area contributed by atoms with Crippen LogP contribution in [0.25, 0.3) is 0 Å². The Hall–Kier alpha value is -2.14. The minimum atomic E-state index is -0.0561. The summed E-state index contributed by atoms with van der Waals surface area (Å²) in [4.78, 5) is 12.2. The predicted molar refractivity (Wildman–Crippen MR) is 94.0 cm³/mol. The number of amides is 1. The summed E-state index contributed by atoms with van der Waals surface area (Å²) in [7, 11) is 0. The fraction of sp³-hybridized carbons (Fsp3) is 0.474. The van der Waals surface area contributed by atoms with Crippen molar-refractivity contribution < 1.29 is 9.53 Å². The molecule has 5 nitrogen and oxygen atoms in total. The number of ether oxygens (including phenoxy) is 1. The summed E-state index contributed by atoms with van der Waals surface area (Å²) >= 11 is 0. The van der Waals surface area contributed by atoms with Crippen LogP contribution >= 0.6 is 0 Å². The van der Waals surface area contributed by atoms with Gasteiger partial charge in [-0.05, 0) is 23.0 Å². The SMILES string of the molecule is CC(C)(C)c1ccc(Cn2nccc2NC(=O)C2CCOC2)cc1. The summed E-state index contributed by atoms with van der Waals surface area (Å²) in [5, 5.41) is 7.30. The van der Waals surface area contributed by atoms with Crippen molar-refractivity contribution >= 4 is 11.7 Å². The second-order valence-corrected chi connectivity index (χ2v) is 7.37. The molecule has 0 bridgehead atoms. The van der Waals surface area contributed by atoms with Crippen LogP contribution in [-0.4, -0.2) is 28.9 Å². The highest BCUT2D eigenvalue weighted by Gasteiger charge is 2.24. The molecule has 1 saturated heterocycles. The third-order valence-electron chi connectivity index (χ3n) is 4.42. The van der Waals surface area contributed by atoms with Crippen LogP contribution in [0.2, 0.25) is 0 Å². The van der Waals surface area contributed by atoms with E-state index in [9.17, 15) is 4.79 Å². The lowest BCUT2D eigenvalue weighted by Gasteiger charge is -2.19. The van der Waals surface area contributed by atoms with E-state index in [0.29, 0.717) is 19.8 Å². The van der Waals surface area contributed by atoms with E-state index in [1.807, 2.05) is 10.7 Å². The third kappa shape index (κ3) is 3.85. The van der Waals surface area contributed by atoms with Gasteiger partial charge in [0.25, 0.3) is 0 Å². The summed E-state index contributed by atoms with van der Waals surface area (Å²) in [6.45, 7) is 8.42. The molecule has 128 valence electrons. The molecule has 2 aromatic rings. The quantitative estimate of drug-likeness (QED) is 0.938. The Balaban J connectivity index is 1.68. The maximum Gasteiger partial charge on any atom is 0.231 e. The first-order chi connectivity index (χ1) is 11.4. The zero-order chi connectivity index (χ0) is 17.2. The van der Waals surface area contributed by atoms with Crippen molar-refractivity contribution in [2.24, 2.45) is 5.92 Å². The van der Waals surface area contributed by atoms with E-state index in [2.05, 4.69) is 55.5 Å². The van der Waals surface area contributed by atoms with Crippen molar-refractivity contribution in [3.05, 3.63) is 47.7 Å². The number of nitrogens with zero attached hydrogens (tertiary/aromatic N) is 2. The van der Waals surface area contributed by atoms with Gasteiger partial charge in [0.1, 0.15) is 5.82 Å². The highest BCUT2D eigenvalue weighted by Crippen LogP contribution is 2.23. The number of hydrogen-bond acceptors (Lipinski definition) is 3. The molecule has 1 atom stereocenters. The highest BCUT2D eigenvalue weighted by molar-refractivity contribution is 5.92. The Kier molecular flexibility index (Phi) is 4.71. The molecule has 1 aromatic heterocycles. The van der Waals surface area contributed by atoms with Crippen molar-refractivity contribution in [3.63, 3.8) is 0 Å². The number of hydrogen-bond donors (Lipinski definition) is 1. The Morgan fingerprint density at radius 2 is 2.04 bits per heavy atom. The molecule has 1 aliphatic rings. The van der Waals surface area contributed by atoms with Gasteiger partial charge in [-0.25, -0.2) is 4.68 Å². The van der Waals surface area contributed by atoms with Crippen LogP contribution in [0.1, 0.15) is 38.3 Å². The molecule has 24 heavy (non-hydrogen) atoms. The Morgan fingerprint density at radius 1 is 1.29 bits per heavy atom. The average Bonchev–Trinajstić information content (AvgIpc) is 3.19. The van der Waals surface area contributed by atoms with Gasteiger partial charge in [0.05, 0.1) is 25.3 Å². The number of aromatic nitrogens is 2. The second-order valence-electron chi connectivity index (χ2n) is 7.37. The smallest absolute Gasteiger partial charge is 0.231 e. The zero-order valence-electron chi connectivity index (χ0n) is 14.6. The molecular weight excluding hydrogens is 302 g/mol. The molecule has 1 N–H and O–H groups in total. The van der Waals surface area contributed by atoms with Crippen LogP contribution in [0.3, 0.4) is 0 Å². The fourth-order valence-corrected chi connectivity index (χ4v) is 2.82. The molecule has 1 amide bonds. The molecule has 3 rings (SSSR count). The van der Waals surface area contributed by atoms with Gasteiger partial charge in [0.2, 0.25) is 5.91 Å². The van der Waals surface area contributed by atoms with Gasteiger partial charge < -0.3 is 10.1 Å². The van der Waals surface area contributed by atoms with Crippen LogP contribution in [0.4, 0.5) is 5.82 Å². The standard InChI is InChI=1S/C19H25N3O2/c1-19(2,3)16-6-4-14(5-7-16)12-22-17(8-10-20-22)21-18(23)15-9-11-24-13-15/h4-8,10,15H,9,11-13H2,1-3H3,(H,21,23). The van der Waals surface area contributed by atoms with Crippen molar-refractivity contribution in [2.75, 3.05) is 18.5 Å². The monoisotopic (exact) mass is 327 g/mol. The lowest BCUT2D eigenvalue weighted by atomic mass is 9.87. The van der Waals surface area contributed by atoms with Gasteiger partial charge >= 0.3 is 0 Å². The minimum Gasteiger partial charge on any atom is -0.381 e. The van der Waals surface area contributed by atoms with E-state index in [1.54, 1.807) is 6.20 Å². The molecule has 5 heteroatoms. The lowest BCUT2D eigenvalue weighted by Crippen LogP contribution is -2.24. The minimum absolute atomic E-state index is 0.0114. The molecule has 1 aliphatic heterocycles. The van der Waals surface area contributed by atoms with Crippen LogP contribution in [0.5, 0.6) is 0 Å². The van der Waals surface area contributed by atoms with Gasteiger partial charge in [-0.15, -0.1) is 0 Å². The van der Waals surface area contributed by atoms with Crippen molar-refractivity contribution in [3.8, 4) is 0 Å². The van der Waals surface area contributed by atoms with Crippen LogP contribution in [0.15, 0.2) is 36.5 Å². The first-order valence-electron chi connectivity index (χ1n) is 8.43. The predicted octanol–water partition coefficient (Wildman–Crippen LogP) is 3.20. The Labute approximate surface area is 143 Å². The maximum absolute atomic E-state index is 12.2. The number of carbonyl (C=O) groups is 1. The molecule has 1 unspecified atom stereocenters. The molecule has 0 spiro atoms. The largest absolute Gasteiger partial charge is 0.381 e. The van der Waals surface area contributed by atoms with Gasteiger partial charge in [0.15, 0.2) is 0 Å². The van der Waals surface area contributed by atoms with E-state index >= 15 is 0 Å². The zero-order valence-corrected chi connectivity index (χ0v) is 14.6. The summed E-state index contributed by atoms with van der Waals surface area (Å²) in [5.41, 5.74) is 2.61. The molecule has 1 fully saturated rings. The lowest BCUT2D eigenvalue weighted by molar-refractivity contribution is -0.119. The van der Waals surface area contributed by atoms with E-state index in [4.69, 9.17) is 4.74 Å². The Morgan fingerprint density at radius 3 is 2.67 bits per heavy atom.